The van der Waals surface area contributed by atoms with Gasteiger partial charge in [0.15, 0.2) is 9.84 Å². The van der Waals surface area contributed by atoms with Crippen LogP contribution in [0, 0.1) is 5.92 Å². The molecule has 2 unspecified atom stereocenters. The van der Waals surface area contributed by atoms with Crippen LogP contribution in [0.4, 0.5) is 0 Å². The van der Waals surface area contributed by atoms with Crippen molar-refractivity contribution in [1.82, 2.24) is 10.2 Å². The van der Waals surface area contributed by atoms with Gasteiger partial charge < -0.3 is 10.2 Å². The molecule has 2 heterocycles. The molecule has 2 aliphatic heterocycles. The van der Waals surface area contributed by atoms with Crippen molar-refractivity contribution in [3.05, 3.63) is 0 Å². The van der Waals surface area contributed by atoms with Gasteiger partial charge in [-0.05, 0) is 38.9 Å². The van der Waals surface area contributed by atoms with Gasteiger partial charge >= 0.3 is 0 Å². The van der Waals surface area contributed by atoms with Gasteiger partial charge in [0, 0.05) is 12.6 Å². The highest BCUT2D eigenvalue weighted by molar-refractivity contribution is 7.91. The van der Waals surface area contributed by atoms with Crippen LogP contribution in [0.25, 0.3) is 0 Å². The van der Waals surface area contributed by atoms with Crippen molar-refractivity contribution >= 4 is 9.84 Å². The molecule has 2 rings (SSSR count). The van der Waals surface area contributed by atoms with Gasteiger partial charge in [0.25, 0.3) is 0 Å². The van der Waals surface area contributed by atoms with Crippen LogP contribution in [-0.4, -0.2) is 57.5 Å². The first kappa shape index (κ1) is 11.4. The van der Waals surface area contributed by atoms with Crippen molar-refractivity contribution in [2.24, 2.45) is 5.92 Å². The van der Waals surface area contributed by atoms with Gasteiger partial charge in [-0.3, -0.25) is 0 Å². The molecule has 0 saturated carbocycles. The fourth-order valence-electron chi connectivity index (χ4n) is 2.48. The molecule has 15 heavy (non-hydrogen) atoms. The first-order valence-electron chi connectivity index (χ1n) is 5.67. The van der Waals surface area contributed by atoms with Crippen molar-refractivity contribution in [3.63, 3.8) is 0 Å². The van der Waals surface area contributed by atoms with Gasteiger partial charge in [-0.1, -0.05) is 0 Å². The number of nitrogens with zero attached hydrogens (tertiary/aromatic N) is 1. The number of sulfone groups is 1. The molecule has 2 fully saturated rings. The van der Waals surface area contributed by atoms with Crippen molar-refractivity contribution < 1.29 is 8.42 Å². The van der Waals surface area contributed by atoms with Gasteiger partial charge in [-0.25, -0.2) is 8.42 Å². The van der Waals surface area contributed by atoms with E-state index in [1.54, 1.807) is 0 Å². The lowest BCUT2D eigenvalue weighted by atomic mass is 10.1. The topological polar surface area (TPSA) is 49.4 Å². The summed E-state index contributed by atoms with van der Waals surface area (Å²) in [5.74, 6) is 1.42. The molecule has 0 amide bonds. The molecule has 1 N–H and O–H groups in total. The third-order valence-corrected chi connectivity index (χ3v) is 5.18. The van der Waals surface area contributed by atoms with Gasteiger partial charge in [0.2, 0.25) is 0 Å². The molecule has 0 aromatic heterocycles. The Kier molecular flexibility index (Phi) is 3.33. The maximum absolute atomic E-state index is 11.2. The fourth-order valence-corrected chi connectivity index (χ4v) is 4.19. The average molecular weight is 232 g/mol. The van der Waals surface area contributed by atoms with E-state index in [4.69, 9.17) is 0 Å². The third kappa shape index (κ3) is 3.16. The molecular weight excluding hydrogens is 212 g/mol. The molecule has 0 aromatic rings. The van der Waals surface area contributed by atoms with E-state index in [2.05, 4.69) is 17.3 Å². The molecule has 4 nitrogen and oxygen atoms in total. The summed E-state index contributed by atoms with van der Waals surface area (Å²) in [5, 5.41) is 3.39. The van der Waals surface area contributed by atoms with E-state index in [9.17, 15) is 8.42 Å². The molecule has 2 atom stereocenters. The van der Waals surface area contributed by atoms with Crippen molar-refractivity contribution in [3.8, 4) is 0 Å². The summed E-state index contributed by atoms with van der Waals surface area (Å²) >= 11 is 0. The largest absolute Gasteiger partial charge is 0.313 e. The van der Waals surface area contributed by atoms with Gasteiger partial charge in [0.1, 0.15) is 0 Å². The fraction of sp³-hybridized carbons (Fsp3) is 1.00. The smallest absolute Gasteiger partial charge is 0.151 e. The second-order valence-corrected chi connectivity index (χ2v) is 7.15. The number of rotatable bonds is 3. The molecule has 0 radical (unpaired) electrons. The van der Waals surface area contributed by atoms with Gasteiger partial charge in [-0.2, -0.15) is 0 Å². The minimum Gasteiger partial charge on any atom is -0.313 e. The van der Waals surface area contributed by atoms with Crippen LogP contribution in [0.3, 0.4) is 0 Å². The normalized spacial score (nSPS) is 36.1. The molecule has 5 heteroatoms. The highest BCUT2D eigenvalue weighted by atomic mass is 32.2. The van der Waals surface area contributed by atoms with Crippen molar-refractivity contribution in [2.45, 2.75) is 18.9 Å². The number of hydrogen-bond acceptors (Lipinski definition) is 4. The lowest BCUT2D eigenvalue weighted by molar-refractivity contribution is 0.381. The summed E-state index contributed by atoms with van der Waals surface area (Å²) in [5.41, 5.74) is 0. The Hall–Kier alpha value is -0.130. The Bertz CT molecular complexity index is 315. The van der Waals surface area contributed by atoms with Crippen LogP contribution in [-0.2, 0) is 9.84 Å². The molecule has 0 aromatic carbocycles. The predicted octanol–water partition coefficient (Wildman–Crippen LogP) is -0.285. The minimum atomic E-state index is -2.72. The summed E-state index contributed by atoms with van der Waals surface area (Å²) in [6, 6.07) is 0.209. The monoisotopic (exact) mass is 232 g/mol. The summed E-state index contributed by atoms with van der Waals surface area (Å²) in [6.07, 6.45) is 2.04. The van der Waals surface area contributed by atoms with E-state index in [-0.39, 0.29) is 6.04 Å². The van der Waals surface area contributed by atoms with E-state index in [1.165, 1.54) is 13.0 Å². The Morgan fingerprint density at radius 3 is 2.73 bits per heavy atom. The van der Waals surface area contributed by atoms with Gasteiger partial charge in [0.05, 0.1) is 11.5 Å². The SMILES string of the molecule is CN1CCC(CNC2CCS(=O)(=O)C2)C1. The summed E-state index contributed by atoms with van der Waals surface area (Å²) in [6.45, 7) is 3.30. The van der Waals surface area contributed by atoms with Crippen molar-refractivity contribution in [1.29, 1.82) is 0 Å². The summed E-state index contributed by atoms with van der Waals surface area (Å²) in [7, 11) is -0.586. The second-order valence-electron chi connectivity index (χ2n) is 4.93. The van der Waals surface area contributed by atoms with Crippen molar-refractivity contribution in [2.75, 3.05) is 38.2 Å². The minimum absolute atomic E-state index is 0.209. The number of likely N-dealkylation sites (tertiary alicyclic amines) is 1. The maximum atomic E-state index is 11.2. The highest BCUT2D eigenvalue weighted by Crippen LogP contribution is 2.15. The van der Waals surface area contributed by atoms with Crippen LogP contribution in [0.5, 0.6) is 0 Å². The predicted molar refractivity (Wildman–Crippen MR) is 60.7 cm³/mol. The molecule has 2 saturated heterocycles. The zero-order valence-electron chi connectivity index (χ0n) is 9.28. The molecule has 88 valence electrons. The maximum Gasteiger partial charge on any atom is 0.151 e. The average Bonchev–Trinajstić information content (AvgIpc) is 2.69. The van der Waals surface area contributed by atoms with Gasteiger partial charge in [-0.15, -0.1) is 0 Å². The molecule has 0 spiro atoms. The first-order valence-corrected chi connectivity index (χ1v) is 7.50. The molecule has 0 bridgehead atoms. The van der Waals surface area contributed by atoms with E-state index in [0.717, 1.165) is 19.5 Å². The Morgan fingerprint density at radius 2 is 2.20 bits per heavy atom. The quantitative estimate of drug-likeness (QED) is 0.727. The first-order chi connectivity index (χ1) is 7.05. The van der Waals surface area contributed by atoms with E-state index >= 15 is 0 Å². The summed E-state index contributed by atoms with van der Waals surface area (Å²) < 4.78 is 22.5. The molecule has 2 aliphatic rings. The highest BCUT2D eigenvalue weighted by Gasteiger charge is 2.28. The third-order valence-electron chi connectivity index (χ3n) is 3.42. The zero-order chi connectivity index (χ0) is 10.9. The van der Waals surface area contributed by atoms with Crippen LogP contribution < -0.4 is 5.32 Å². The zero-order valence-corrected chi connectivity index (χ0v) is 10.1. The van der Waals surface area contributed by atoms with E-state index in [0.29, 0.717) is 17.4 Å². The lowest BCUT2D eigenvalue weighted by Gasteiger charge is -2.15. The number of hydrogen-bond donors (Lipinski definition) is 1. The summed E-state index contributed by atoms with van der Waals surface area (Å²) in [4.78, 5) is 2.33. The second kappa shape index (κ2) is 4.39. The Morgan fingerprint density at radius 1 is 1.40 bits per heavy atom. The van der Waals surface area contributed by atoms with Crippen LogP contribution in [0.1, 0.15) is 12.8 Å². The standard InChI is InChI=1S/C10H20N2O2S/c1-12-4-2-9(7-12)6-11-10-3-5-15(13,14)8-10/h9-11H,2-8H2,1H3. The Labute approximate surface area is 91.9 Å². The van der Waals surface area contributed by atoms with Crippen LogP contribution in [0.15, 0.2) is 0 Å². The number of nitrogens with one attached hydrogen (secondary N) is 1. The van der Waals surface area contributed by atoms with Crippen LogP contribution >= 0.6 is 0 Å². The van der Waals surface area contributed by atoms with E-state index in [1.807, 2.05) is 0 Å². The lowest BCUT2D eigenvalue weighted by Crippen LogP contribution is -2.34. The molecular formula is C10H20N2O2S. The Balaban J connectivity index is 1.71. The molecule has 0 aliphatic carbocycles. The van der Waals surface area contributed by atoms with E-state index < -0.39 is 9.84 Å². The van der Waals surface area contributed by atoms with Crippen LogP contribution in [0.2, 0.25) is 0 Å².